The van der Waals surface area contributed by atoms with E-state index < -0.39 is 5.82 Å². The van der Waals surface area contributed by atoms with Crippen molar-refractivity contribution in [1.29, 1.82) is 0 Å². The highest BCUT2D eigenvalue weighted by atomic mass is 35.5. The third kappa shape index (κ3) is 1.29. The molecule has 0 aliphatic carbocycles. The molecular weight excluding hydrogens is 195 g/mol. The molecule has 13 heavy (non-hydrogen) atoms. The first-order chi connectivity index (χ1) is 6.18. The molecule has 1 aromatic carbocycles. The number of fused-ring (bicyclic) bond motifs is 1. The molecule has 0 radical (unpaired) electrons. The smallest absolute Gasteiger partial charge is 0.258 e. The fraction of sp³-hybridized carbons (Fsp3) is 0. The van der Waals surface area contributed by atoms with Crippen LogP contribution in [0.5, 0.6) is 0 Å². The van der Waals surface area contributed by atoms with Crippen LogP contribution in [0.1, 0.15) is 0 Å². The number of nitrogens with zero attached hydrogens (tertiary/aromatic N) is 1. The molecule has 1 N–H and O–H groups in total. The molecule has 0 aliphatic rings. The zero-order valence-electron chi connectivity index (χ0n) is 6.34. The topological polar surface area (TPSA) is 45.8 Å². The van der Waals surface area contributed by atoms with Gasteiger partial charge >= 0.3 is 0 Å². The van der Waals surface area contributed by atoms with Gasteiger partial charge in [0.15, 0.2) is 0 Å². The van der Waals surface area contributed by atoms with E-state index in [1.165, 1.54) is 12.4 Å². The van der Waals surface area contributed by atoms with Crippen LogP contribution in [-0.2, 0) is 0 Å². The molecule has 66 valence electrons. The molecule has 2 aromatic rings. The van der Waals surface area contributed by atoms with Gasteiger partial charge in [0.1, 0.15) is 5.82 Å². The van der Waals surface area contributed by atoms with Crippen molar-refractivity contribution >= 4 is 22.5 Å². The first-order valence-electron chi connectivity index (χ1n) is 3.51. The van der Waals surface area contributed by atoms with Gasteiger partial charge in [-0.05, 0) is 6.07 Å². The Bertz CT molecular complexity index is 523. The number of H-pyrrole nitrogens is 1. The lowest BCUT2D eigenvalue weighted by Gasteiger charge is -1.96. The third-order valence-electron chi connectivity index (χ3n) is 1.68. The summed E-state index contributed by atoms with van der Waals surface area (Å²) in [5, 5.41) is 0.208. The maximum absolute atomic E-state index is 12.9. The summed E-state index contributed by atoms with van der Waals surface area (Å²) in [6.07, 6.45) is 1.22. The molecule has 0 spiro atoms. The normalized spacial score (nSPS) is 10.6. The molecule has 1 aromatic heterocycles. The van der Waals surface area contributed by atoms with Gasteiger partial charge in [0.2, 0.25) is 0 Å². The predicted octanol–water partition coefficient (Wildman–Crippen LogP) is 1.72. The Morgan fingerprint density at radius 2 is 2.23 bits per heavy atom. The highest BCUT2D eigenvalue weighted by Crippen LogP contribution is 2.18. The summed E-state index contributed by atoms with van der Waals surface area (Å²) in [7, 11) is 0. The first-order valence-corrected chi connectivity index (χ1v) is 3.89. The fourth-order valence-corrected chi connectivity index (χ4v) is 1.23. The van der Waals surface area contributed by atoms with E-state index >= 15 is 0 Å². The summed E-state index contributed by atoms with van der Waals surface area (Å²) in [5.74, 6) is -0.577. The van der Waals surface area contributed by atoms with E-state index in [-0.39, 0.29) is 16.0 Å². The van der Waals surface area contributed by atoms with Gasteiger partial charge in [-0.25, -0.2) is 9.37 Å². The Labute approximate surface area is 77.2 Å². The predicted molar refractivity (Wildman–Crippen MR) is 47.3 cm³/mol. The Kier molecular flexibility index (Phi) is 1.77. The molecule has 1 heterocycles. The minimum Gasteiger partial charge on any atom is -0.313 e. The molecule has 0 amide bonds. The highest BCUT2D eigenvalue weighted by molar-refractivity contribution is 6.31. The average Bonchev–Trinajstić information content (AvgIpc) is 2.09. The van der Waals surface area contributed by atoms with Gasteiger partial charge in [-0.1, -0.05) is 11.6 Å². The summed E-state index contributed by atoms with van der Waals surface area (Å²) in [6.45, 7) is 0. The minimum atomic E-state index is -0.577. The van der Waals surface area contributed by atoms with Crippen LogP contribution in [0, 0.1) is 5.82 Å². The molecule has 2 rings (SSSR count). The fourth-order valence-electron chi connectivity index (χ4n) is 1.06. The van der Waals surface area contributed by atoms with Crippen LogP contribution >= 0.6 is 11.6 Å². The second-order valence-electron chi connectivity index (χ2n) is 2.52. The molecular formula is C8H4ClFN2O. The minimum absolute atomic E-state index is 0.0778. The van der Waals surface area contributed by atoms with Crippen molar-refractivity contribution in [3.8, 4) is 0 Å². The van der Waals surface area contributed by atoms with Crippen LogP contribution in [0.25, 0.3) is 10.9 Å². The quantitative estimate of drug-likeness (QED) is 0.701. The van der Waals surface area contributed by atoms with E-state index in [4.69, 9.17) is 11.6 Å². The molecule has 0 bridgehead atoms. The second kappa shape index (κ2) is 2.81. The van der Waals surface area contributed by atoms with E-state index in [0.29, 0.717) is 5.52 Å². The number of aromatic amines is 1. The molecule has 0 unspecified atom stereocenters. The average molecular weight is 199 g/mol. The van der Waals surface area contributed by atoms with Crippen LogP contribution in [0.15, 0.2) is 23.3 Å². The summed E-state index contributed by atoms with van der Waals surface area (Å²) < 4.78 is 12.9. The van der Waals surface area contributed by atoms with Crippen molar-refractivity contribution in [3.63, 3.8) is 0 Å². The monoisotopic (exact) mass is 198 g/mol. The number of benzene rings is 1. The number of hydrogen-bond donors (Lipinski definition) is 1. The second-order valence-corrected chi connectivity index (χ2v) is 2.92. The van der Waals surface area contributed by atoms with Crippen molar-refractivity contribution in [3.05, 3.63) is 39.7 Å². The molecule has 0 aliphatic heterocycles. The zero-order valence-corrected chi connectivity index (χ0v) is 7.10. The Morgan fingerprint density at radius 3 is 3.00 bits per heavy atom. The lowest BCUT2D eigenvalue weighted by atomic mass is 10.2. The molecule has 3 nitrogen and oxygen atoms in total. The van der Waals surface area contributed by atoms with Crippen molar-refractivity contribution in [1.82, 2.24) is 9.97 Å². The molecule has 0 fully saturated rings. The number of nitrogens with one attached hydrogen (secondary N) is 1. The van der Waals surface area contributed by atoms with Crippen LogP contribution in [0.2, 0.25) is 5.02 Å². The number of rotatable bonds is 0. The first kappa shape index (κ1) is 8.19. The Hall–Kier alpha value is -1.42. The van der Waals surface area contributed by atoms with Gasteiger partial charge in [0.05, 0.1) is 22.3 Å². The Morgan fingerprint density at radius 1 is 1.46 bits per heavy atom. The highest BCUT2D eigenvalue weighted by Gasteiger charge is 2.05. The van der Waals surface area contributed by atoms with Gasteiger partial charge in [-0.15, -0.1) is 0 Å². The van der Waals surface area contributed by atoms with Crippen LogP contribution < -0.4 is 5.56 Å². The van der Waals surface area contributed by atoms with Crippen LogP contribution in [0.4, 0.5) is 4.39 Å². The maximum atomic E-state index is 12.9. The lowest BCUT2D eigenvalue weighted by Crippen LogP contribution is -2.06. The summed E-state index contributed by atoms with van der Waals surface area (Å²) in [6, 6.07) is 2.39. The van der Waals surface area contributed by atoms with Crippen LogP contribution in [0.3, 0.4) is 0 Å². The molecule has 0 atom stereocenters. The van der Waals surface area contributed by atoms with Crippen molar-refractivity contribution in [2.75, 3.05) is 0 Å². The van der Waals surface area contributed by atoms with Gasteiger partial charge in [-0.3, -0.25) is 4.79 Å². The number of halogens is 2. The van der Waals surface area contributed by atoms with Crippen molar-refractivity contribution in [2.24, 2.45) is 0 Å². The van der Waals surface area contributed by atoms with Crippen molar-refractivity contribution < 1.29 is 4.39 Å². The molecule has 5 heteroatoms. The molecule has 0 saturated carbocycles. The summed E-state index contributed by atoms with van der Waals surface area (Å²) >= 11 is 5.50. The standard InChI is InChI=1S/C8H4ClFN2O/c9-5-1-4-7(2-6(5)10)11-3-12-8(4)13/h1-3H,(H,11,12,13). The van der Waals surface area contributed by atoms with Gasteiger partial charge in [0.25, 0.3) is 5.56 Å². The molecule has 0 saturated heterocycles. The number of aromatic nitrogens is 2. The van der Waals surface area contributed by atoms with E-state index in [0.717, 1.165) is 6.07 Å². The van der Waals surface area contributed by atoms with Crippen molar-refractivity contribution in [2.45, 2.75) is 0 Å². The zero-order chi connectivity index (χ0) is 9.42. The van der Waals surface area contributed by atoms with E-state index in [1.54, 1.807) is 0 Å². The number of hydrogen-bond acceptors (Lipinski definition) is 2. The largest absolute Gasteiger partial charge is 0.313 e. The van der Waals surface area contributed by atoms with E-state index in [1.807, 2.05) is 0 Å². The lowest BCUT2D eigenvalue weighted by molar-refractivity contribution is 0.629. The summed E-state index contributed by atoms with van der Waals surface area (Å²) in [4.78, 5) is 17.3. The Balaban J connectivity index is 2.97. The van der Waals surface area contributed by atoms with Crippen LogP contribution in [-0.4, -0.2) is 9.97 Å². The van der Waals surface area contributed by atoms with Gasteiger partial charge in [-0.2, -0.15) is 0 Å². The van der Waals surface area contributed by atoms with E-state index in [9.17, 15) is 9.18 Å². The van der Waals surface area contributed by atoms with Gasteiger partial charge < -0.3 is 4.98 Å². The van der Waals surface area contributed by atoms with Gasteiger partial charge in [0, 0.05) is 6.07 Å². The van der Waals surface area contributed by atoms with E-state index in [2.05, 4.69) is 9.97 Å². The maximum Gasteiger partial charge on any atom is 0.258 e. The third-order valence-corrected chi connectivity index (χ3v) is 1.97. The summed E-state index contributed by atoms with van der Waals surface area (Å²) in [5.41, 5.74) is -0.0300. The SMILES string of the molecule is O=c1[nH]cnc2cc(F)c(Cl)cc12.